The van der Waals surface area contributed by atoms with Gasteiger partial charge in [0, 0.05) is 12.1 Å². The summed E-state index contributed by atoms with van der Waals surface area (Å²) >= 11 is 0. The van der Waals surface area contributed by atoms with Crippen molar-refractivity contribution in [3.63, 3.8) is 0 Å². The summed E-state index contributed by atoms with van der Waals surface area (Å²) < 4.78 is 58.7. The fourth-order valence-corrected chi connectivity index (χ4v) is 2.98. The van der Waals surface area contributed by atoms with Crippen LogP contribution in [0.25, 0.3) is 22.3 Å². The van der Waals surface area contributed by atoms with Crippen LogP contribution in [0.1, 0.15) is 12.5 Å². The second-order valence-electron chi connectivity index (χ2n) is 6.58. The number of pyridine rings is 1. The predicted octanol–water partition coefficient (Wildman–Crippen LogP) is 5.26. The first-order chi connectivity index (χ1) is 14.9. The number of rotatable bonds is 6. The van der Waals surface area contributed by atoms with Gasteiger partial charge in [0.05, 0.1) is 17.8 Å². The van der Waals surface area contributed by atoms with Crippen LogP contribution in [0.2, 0.25) is 0 Å². The third kappa shape index (κ3) is 4.40. The highest BCUT2D eigenvalue weighted by molar-refractivity contribution is 5.83. The number of fused-ring (bicyclic) bond motifs is 1. The van der Waals surface area contributed by atoms with Gasteiger partial charge >= 0.3 is 0 Å². The van der Waals surface area contributed by atoms with Crippen molar-refractivity contribution in [1.29, 1.82) is 0 Å². The summed E-state index contributed by atoms with van der Waals surface area (Å²) in [6, 6.07) is 11.1. The Labute approximate surface area is 174 Å². The molecule has 4 aromatic rings. The van der Waals surface area contributed by atoms with Gasteiger partial charge in [-0.2, -0.15) is 4.98 Å². The molecule has 0 spiro atoms. The molecular weight excluding hydrogens is 412 g/mol. The number of nitrogens with zero attached hydrogens (tertiary/aromatic N) is 3. The Balaban J connectivity index is 1.66. The quantitative estimate of drug-likeness (QED) is 0.335. The summed E-state index contributed by atoms with van der Waals surface area (Å²) in [6.07, 6.45) is 0. The average molecular weight is 428 g/mol. The zero-order valence-corrected chi connectivity index (χ0v) is 16.3. The first-order valence-electron chi connectivity index (χ1n) is 9.39. The van der Waals surface area contributed by atoms with Crippen molar-refractivity contribution < 1.29 is 22.3 Å². The van der Waals surface area contributed by atoms with Crippen molar-refractivity contribution >= 4 is 17.0 Å². The number of benzene rings is 2. The summed E-state index contributed by atoms with van der Waals surface area (Å²) in [5, 5.41) is 2.85. The van der Waals surface area contributed by atoms with E-state index in [1.165, 1.54) is 12.1 Å². The Kier molecular flexibility index (Phi) is 5.66. The zero-order chi connectivity index (χ0) is 22.0. The topological polar surface area (TPSA) is 59.9 Å². The highest BCUT2D eigenvalue weighted by Gasteiger charge is 2.14. The number of halogens is 4. The van der Waals surface area contributed by atoms with Crippen molar-refractivity contribution in [3.05, 3.63) is 77.4 Å². The molecule has 0 aliphatic heterocycles. The largest absolute Gasteiger partial charge is 0.476 e. The summed E-state index contributed by atoms with van der Waals surface area (Å²) in [6.45, 7) is 2.07. The molecule has 0 amide bonds. The highest BCUT2D eigenvalue weighted by Crippen LogP contribution is 2.27. The molecular formula is C22H16F4N4O. The van der Waals surface area contributed by atoms with E-state index < -0.39 is 17.5 Å². The van der Waals surface area contributed by atoms with E-state index in [0.29, 0.717) is 28.9 Å². The number of hydrogen-bond donors (Lipinski definition) is 1. The van der Waals surface area contributed by atoms with Crippen LogP contribution >= 0.6 is 0 Å². The Morgan fingerprint density at radius 3 is 2.26 bits per heavy atom. The molecule has 0 radical (unpaired) electrons. The monoisotopic (exact) mass is 428 g/mol. The number of aromatic nitrogens is 3. The summed E-state index contributed by atoms with van der Waals surface area (Å²) in [5.41, 5.74) is 2.38. The van der Waals surface area contributed by atoms with Gasteiger partial charge in [-0.25, -0.2) is 27.5 Å². The number of anilines is 1. The van der Waals surface area contributed by atoms with Crippen LogP contribution in [0.5, 0.6) is 5.88 Å². The molecule has 2 heterocycles. The second kappa shape index (κ2) is 8.55. The number of nitrogens with one attached hydrogen (secondary N) is 1. The smallest absolute Gasteiger partial charge is 0.245 e. The van der Waals surface area contributed by atoms with Crippen molar-refractivity contribution in [1.82, 2.24) is 15.0 Å². The van der Waals surface area contributed by atoms with Crippen LogP contribution in [-0.4, -0.2) is 21.6 Å². The molecule has 0 saturated heterocycles. The molecule has 31 heavy (non-hydrogen) atoms. The summed E-state index contributed by atoms with van der Waals surface area (Å²) in [5.74, 6) is -4.05. The van der Waals surface area contributed by atoms with E-state index in [9.17, 15) is 17.6 Å². The van der Waals surface area contributed by atoms with Crippen LogP contribution in [0.4, 0.5) is 23.5 Å². The standard InChI is InChI=1S/C22H16F4N4O/c1-2-31-21-20-18(8-7-17(28-20)13-3-5-14(23)6-4-13)29-22(30-21)27-11-12-9-15(24)19(26)16(25)10-12/h3-10H,2,11H2,1H3,(H,27,29,30). The lowest BCUT2D eigenvalue weighted by atomic mass is 10.1. The van der Waals surface area contributed by atoms with Crippen LogP contribution in [0, 0.1) is 23.3 Å². The SMILES string of the molecule is CCOc1nc(NCc2cc(F)c(F)c(F)c2)nc2ccc(-c3ccc(F)cc3)nc12. The molecule has 0 bridgehead atoms. The molecule has 0 fully saturated rings. The minimum atomic E-state index is -1.52. The van der Waals surface area contributed by atoms with Gasteiger partial charge in [-0.15, -0.1) is 0 Å². The molecule has 0 atom stereocenters. The third-order valence-electron chi connectivity index (χ3n) is 4.43. The first-order valence-corrected chi connectivity index (χ1v) is 9.39. The fourth-order valence-electron chi connectivity index (χ4n) is 2.98. The minimum Gasteiger partial charge on any atom is -0.476 e. The van der Waals surface area contributed by atoms with Crippen LogP contribution in [0.15, 0.2) is 48.5 Å². The maximum absolute atomic E-state index is 13.4. The Morgan fingerprint density at radius 1 is 0.871 bits per heavy atom. The summed E-state index contributed by atoms with van der Waals surface area (Å²) in [4.78, 5) is 13.2. The molecule has 0 aliphatic carbocycles. The van der Waals surface area contributed by atoms with Crippen molar-refractivity contribution in [2.45, 2.75) is 13.5 Å². The number of ether oxygens (including phenoxy) is 1. The maximum atomic E-state index is 13.4. The van der Waals surface area contributed by atoms with Crippen molar-refractivity contribution in [3.8, 4) is 17.1 Å². The molecule has 2 aromatic carbocycles. The van der Waals surface area contributed by atoms with Crippen LogP contribution < -0.4 is 10.1 Å². The molecule has 4 rings (SSSR count). The average Bonchev–Trinajstić information content (AvgIpc) is 2.76. The lowest BCUT2D eigenvalue weighted by Gasteiger charge is -2.11. The molecule has 0 aliphatic rings. The maximum Gasteiger partial charge on any atom is 0.245 e. The van der Waals surface area contributed by atoms with Crippen molar-refractivity contribution in [2.75, 3.05) is 11.9 Å². The normalized spacial score (nSPS) is 11.0. The van der Waals surface area contributed by atoms with E-state index in [0.717, 1.165) is 12.1 Å². The molecule has 0 saturated carbocycles. The predicted molar refractivity (Wildman–Crippen MR) is 108 cm³/mol. The molecule has 9 heteroatoms. The third-order valence-corrected chi connectivity index (χ3v) is 4.43. The van der Waals surface area contributed by atoms with Gasteiger partial charge in [0.1, 0.15) is 5.82 Å². The Bertz CT molecular complexity index is 1230. The molecule has 1 N–H and O–H groups in total. The molecule has 158 valence electrons. The van der Waals surface area contributed by atoms with Gasteiger partial charge in [0.2, 0.25) is 11.8 Å². The molecule has 2 aromatic heterocycles. The Morgan fingerprint density at radius 2 is 1.58 bits per heavy atom. The minimum absolute atomic E-state index is 0.0354. The zero-order valence-electron chi connectivity index (χ0n) is 16.3. The Hall–Kier alpha value is -3.75. The van der Waals surface area contributed by atoms with Gasteiger partial charge in [-0.05, 0) is 61.0 Å². The lowest BCUT2D eigenvalue weighted by Crippen LogP contribution is -2.07. The first kappa shape index (κ1) is 20.5. The van der Waals surface area contributed by atoms with Crippen LogP contribution in [0.3, 0.4) is 0 Å². The fraction of sp³-hybridized carbons (Fsp3) is 0.136. The van der Waals surface area contributed by atoms with Gasteiger partial charge in [-0.1, -0.05) is 0 Å². The van der Waals surface area contributed by atoms with E-state index >= 15 is 0 Å². The van der Waals surface area contributed by atoms with Gasteiger partial charge in [-0.3, -0.25) is 0 Å². The van der Waals surface area contributed by atoms with E-state index in [4.69, 9.17) is 4.74 Å². The van der Waals surface area contributed by atoms with Crippen molar-refractivity contribution in [2.24, 2.45) is 0 Å². The second-order valence-corrected chi connectivity index (χ2v) is 6.58. The van der Waals surface area contributed by atoms with E-state index in [-0.39, 0.29) is 29.8 Å². The van der Waals surface area contributed by atoms with E-state index in [1.807, 2.05) is 0 Å². The summed E-state index contributed by atoms with van der Waals surface area (Å²) in [7, 11) is 0. The lowest BCUT2D eigenvalue weighted by molar-refractivity contribution is 0.330. The van der Waals surface area contributed by atoms with Gasteiger partial charge in [0.25, 0.3) is 0 Å². The molecule has 0 unspecified atom stereocenters. The molecule has 5 nitrogen and oxygen atoms in total. The van der Waals surface area contributed by atoms with Gasteiger partial charge in [0.15, 0.2) is 23.0 Å². The van der Waals surface area contributed by atoms with Crippen LogP contribution in [-0.2, 0) is 6.54 Å². The van der Waals surface area contributed by atoms with Gasteiger partial charge < -0.3 is 10.1 Å². The number of hydrogen-bond acceptors (Lipinski definition) is 5. The van der Waals surface area contributed by atoms with E-state index in [1.54, 1.807) is 31.2 Å². The highest BCUT2D eigenvalue weighted by atomic mass is 19.2. The van der Waals surface area contributed by atoms with E-state index in [2.05, 4.69) is 20.3 Å².